The van der Waals surface area contributed by atoms with E-state index in [1.54, 1.807) is 0 Å². The summed E-state index contributed by atoms with van der Waals surface area (Å²) in [5, 5.41) is 7.24. The monoisotopic (exact) mass is 372 g/mol. The van der Waals surface area contributed by atoms with Gasteiger partial charge in [-0.1, -0.05) is 18.2 Å². The second kappa shape index (κ2) is 7.52. The van der Waals surface area contributed by atoms with E-state index in [-0.39, 0.29) is 23.6 Å². The van der Waals surface area contributed by atoms with E-state index in [4.69, 9.17) is 13.9 Å². The van der Waals surface area contributed by atoms with Crippen molar-refractivity contribution >= 4 is 17.0 Å². The minimum Gasteiger partial charge on any atom is -0.461 e. The van der Waals surface area contributed by atoms with Crippen LogP contribution in [0.4, 0.5) is 4.79 Å². The third-order valence-electron chi connectivity index (χ3n) is 6.21. The molecule has 27 heavy (non-hydrogen) atoms. The van der Waals surface area contributed by atoms with Crippen LogP contribution >= 0.6 is 0 Å². The van der Waals surface area contributed by atoms with Crippen molar-refractivity contribution in [3.63, 3.8) is 0 Å². The highest BCUT2D eigenvalue weighted by Gasteiger charge is 2.56. The summed E-state index contributed by atoms with van der Waals surface area (Å²) < 4.78 is 17.2. The first-order valence-corrected chi connectivity index (χ1v) is 9.85. The molecule has 2 fully saturated rings. The minimum absolute atomic E-state index is 0.0177. The molecule has 2 aliphatic rings. The molecule has 2 N–H and O–H groups in total. The predicted octanol–water partition coefficient (Wildman–Crippen LogP) is 3.51. The molecule has 6 nitrogen and oxygen atoms in total. The molecule has 1 aromatic heterocycles. The number of para-hydroxylation sites is 1. The Hall–Kier alpha value is -2.05. The predicted molar refractivity (Wildman–Crippen MR) is 103 cm³/mol. The number of ether oxygens (including phenoxy) is 2. The van der Waals surface area contributed by atoms with Crippen LogP contribution in [0.25, 0.3) is 11.0 Å². The van der Waals surface area contributed by atoms with Crippen LogP contribution in [0, 0.1) is 12.3 Å². The fourth-order valence-electron chi connectivity index (χ4n) is 4.63. The fraction of sp³-hybridized carbons (Fsp3) is 0.571. The van der Waals surface area contributed by atoms with Gasteiger partial charge in [-0.2, -0.15) is 0 Å². The fourth-order valence-corrected chi connectivity index (χ4v) is 4.63. The van der Waals surface area contributed by atoms with Crippen molar-refractivity contribution in [2.75, 3.05) is 19.8 Å². The highest BCUT2D eigenvalue weighted by Crippen LogP contribution is 2.50. The van der Waals surface area contributed by atoms with Gasteiger partial charge >= 0.3 is 6.03 Å². The second-order valence-corrected chi connectivity index (χ2v) is 7.54. The quantitative estimate of drug-likeness (QED) is 0.842. The number of fused-ring (bicyclic) bond motifs is 1. The molecule has 146 valence electrons. The minimum atomic E-state index is -0.134. The zero-order valence-electron chi connectivity index (χ0n) is 16.0. The highest BCUT2D eigenvalue weighted by atomic mass is 16.5. The van der Waals surface area contributed by atoms with Gasteiger partial charge in [0.2, 0.25) is 0 Å². The summed E-state index contributed by atoms with van der Waals surface area (Å²) in [5.41, 5.74) is 1.90. The third kappa shape index (κ3) is 3.32. The molecule has 1 aliphatic carbocycles. The van der Waals surface area contributed by atoms with Crippen LogP contribution in [0.5, 0.6) is 0 Å². The van der Waals surface area contributed by atoms with Crippen LogP contribution in [0.1, 0.15) is 37.5 Å². The van der Waals surface area contributed by atoms with Gasteiger partial charge in [-0.3, -0.25) is 0 Å². The zero-order chi connectivity index (χ0) is 18.9. The van der Waals surface area contributed by atoms with E-state index in [9.17, 15) is 4.79 Å². The highest BCUT2D eigenvalue weighted by molar-refractivity contribution is 5.83. The van der Waals surface area contributed by atoms with E-state index in [1.165, 1.54) is 0 Å². The summed E-state index contributed by atoms with van der Waals surface area (Å²) in [6, 6.07) is 7.91. The number of amides is 2. The number of carbonyl (C=O) groups is 1. The van der Waals surface area contributed by atoms with Crippen molar-refractivity contribution in [2.24, 2.45) is 5.41 Å². The van der Waals surface area contributed by atoms with Gasteiger partial charge in [0.25, 0.3) is 0 Å². The molecule has 0 bridgehead atoms. The van der Waals surface area contributed by atoms with Crippen LogP contribution in [0.15, 0.2) is 28.7 Å². The molecule has 1 aromatic carbocycles. The normalized spacial score (nSPS) is 23.9. The number of urea groups is 1. The molecular weight excluding hydrogens is 344 g/mol. The Morgan fingerprint density at radius 1 is 1.30 bits per heavy atom. The standard InChI is InChI=1S/C21H28N2O4/c1-3-26-19-12-18(21(19)8-10-25-11-9-21)23-20(24)22-13-16-14(2)27-17-7-5-4-6-15(16)17/h4-7,18-19H,3,8-13H2,1-2H3,(H2,22,23,24). The molecule has 1 saturated carbocycles. The first kappa shape index (κ1) is 18.3. The summed E-state index contributed by atoms with van der Waals surface area (Å²) in [7, 11) is 0. The lowest BCUT2D eigenvalue weighted by Gasteiger charge is -2.57. The van der Waals surface area contributed by atoms with Crippen LogP contribution in [0.3, 0.4) is 0 Å². The van der Waals surface area contributed by atoms with E-state index in [0.717, 1.165) is 54.8 Å². The first-order chi connectivity index (χ1) is 13.1. The van der Waals surface area contributed by atoms with Crippen LogP contribution in [-0.2, 0) is 16.0 Å². The van der Waals surface area contributed by atoms with Crippen molar-refractivity contribution in [3.8, 4) is 0 Å². The number of hydrogen-bond donors (Lipinski definition) is 2. The van der Waals surface area contributed by atoms with E-state index in [1.807, 2.05) is 38.1 Å². The summed E-state index contributed by atoms with van der Waals surface area (Å²) >= 11 is 0. The maximum atomic E-state index is 12.6. The van der Waals surface area contributed by atoms with Gasteiger partial charge in [0, 0.05) is 48.8 Å². The molecule has 2 atom stereocenters. The van der Waals surface area contributed by atoms with E-state index < -0.39 is 0 Å². The molecule has 2 aromatic rings. The Morgan fingerprint density at radius 3 is 2.85 bits per heavy atom. The van der Waals surface area contributed by atoms with Gasteiger partial charge in [0.05, 0.1) is 6.10 Å². The number of benzene rings is 1. The van der Waals surface area contributed by atoms with Gasteiger partial charge in [-0.25, -0.2) is 4.79 Å². The van der Waals surface area contributed by atoms with Gasteiger partial charge in [0.15, 0.2) is 0 Å². The average molecular weight is 372 g/mol. The van der Waals surface area contributed by atoms with Crippen LogP contribution in [0.2, 0.25) is 0 Å². The number of aryl methyl sites for hydroxylation is 1. The van der Waals surface area contributed by atoms with Crippen LogP contribution < -0.4 is 10.6 Å². The number of furan rings is 1. The van der Waals surface area contributed by atoms with Gasteiger partial charge < -0.3 is 24.5 Å². The summed E-state index contributed by atoms with van der Waals surface area (Å²) in [5.74, 6) is 0.845. The molecule has 2 heterocycles. The largest absolute Gasteiger partial charge is 0.461 e. The Balaban J connectivity index is 1.38. The Labute approximate surface area is 159 Å². The number of rotatable bonds is 5. The SMILES string of the molecule is CCOC1CC(NC(=O)NCc2c(C)oc3ccccc23)C12CCOCC2. The lowest BCUT2D eigenvalue weighted by molar-refractivity contribution is -0.169. The summed E-state index contributed by atoms with van der Waals surface area (Å²) in [4.78, 5) is 12.6. The first-order valence-electron chi connectivity index (χ1n) is 9.85. The number of carbonyl (C=O) groups excluding carboxylic acids is 1. The summed E-state index contributed by atoms with van der Waals surface area (Å²) in [6.07, 6.45) is 2.97. The lowest BCUT2D eigenvalue weighted by atomic mass is 9.57. The average Bonchev–Trinajstić information content (AvgIpc) is 3.01. The molecule has 0 radical (unpaired) electrons. The molecule has 1 aliphatic heterocycles. The summed E-state index contributed by atoms with van der Waals surface area (Å²) in [6.45, 7) is 6.60. The molecule has 4 rings (SSSR count). The Bertz CT molecular complexity index is 810. The van der Waals surface area contributed by atoms with Gasteiger partial charge in [-0.15, -0.1) is 0 Å². The maximum Gasteiger partial charge on any atom is 0.315 e. The zero-order valence-corrected chi connectivity index (χ0v) is 16.0. The van der Waals surface area contributed by atoms with Crippen molar-refractivity contribution in [1.29, 1.82) is 0 Å². The van der Waals surface area contributed by atoms with Crippen LogP contribution in [-0.4, -0.2) is 38.0 Å². The molecular formula is C21H28N2O4. The van der Waals surface area contributed by atoms with E-state index >= 15 is 0 Å². The Morgan fingerprint density at radius 2 is 2.07 bits per heavy atom. The molecule has 6 heteroatoms. The topological polar surface area (TPSA) is 72.7 Å². The Kier molecular flexibility index (Phi) is 5.10. The second-order valence-electron chi connectivity index (χ2n) is 7.54. The van der Waals surface area contributed by atoms with Crippen molar-refractivity contribution in [2.45, 2.75) is 51.8 Å². The van der Waals surface area contributed by atoms with Crippen molar-refractivity contribution in [1.82, 2.24) is 10.6 Å². The molecule has 2 amide bonds. The molecule has 2 unspecified atom stereocenters. The third-order valence-corrected chi connectivity index (χ3v) is 6.21. The number of hydrogen-bond acceptors (Lipinski definition) is 4. The van der Waals surface area contributed by atoms with Gasteiger partial charge in [-0.05, 0) is 39.2 Å². The lowest BCUT2D eigenvalue weighted by Crippen LogP contribution is -2.67. The smallest absolute Gasteiger partial charge is 0.315 e. The van der Waals surface area contributed by atoms with E-state index in [0.29, 0.717) is 13.2 Å². The number of nitrogens with one attached hydrogen (secondary N) is 2. The maximum absolute atomic E-state index is 12.6. The molecule has 1 spiro atoms. The van der Waals surface area contributed by atoms with E-state index in [2.05, 4.69) is 10.6 Å². The van der Waals surface area contributed by atoms with Gasteiger partial charge in [0.1, 0.15) is 11.3 Å². The van der Waals surface area contributed by atoms with Crippen molar-refractivity contribution < 1.29 is 18.7 Å². The molecule has 1 saturated heterocycles. The van der Waals surface area contributed by atoms with Crippen molar-refractivity contribution in [3.05, 3.63) is 35.6 Å².